The van der Waals surface area contributed by atoms with Crippen LogP contribution in [-0.4, -0.2) is 28.1 Å². The van der Waals surface area contributed by atoms with Crippen LogP contribution in [0.4, 0.5) is 4.39 Å². The Bertz CT molecular complexity index is 1480. The first-order valence-corrected chi connectivity index (χ1v) is 13.2. The molecule has 2 unspecified atom stereocenters. The predicted molar refractivity (Wildman–Crippen MR) is 145 cm³/mol. The van der Waals surface area contributed by atoms with E-state index in [1.165, 1.54) is 34.9 Å². The van der Waals surface area contributed by atoms with Gasteiger partial charge in [0.2, 0.25) is 5.91 Å². The number of hydrogen-bond acceptors (Lipinski definition) is 6. The van der Waals surface area contributed by atoms with E-state index in [1.54, 1.807) is 36.4 Å². The van der Waals surface area contributed by atoms with Crippen molar-refractivity contribution in [1.82, 2.24) is 9.29 Å². The highest BCUT2D eigenvalue weighted by atomic mass is 35.5. The molecule has 1 amide bonds. The van der Waals surface area contributed by atoms with Crippen molar-refractivity contribution in [2.24, 2.45) is 0 Å². The molecule has 4 aromatic rings. The molecule has 0 N–H and O–H groups in total. The van der Waals surface area contributed by atoms with E-state index in [4.69, 9.17) is 21.3 Å². The number of thiophene rings is 1. The fourth-order valence-corrected chi connectivity index (χ4v) is 6.19. The third kappa shape index (κ3) is 4.65. The number of halogens is 2. The van der Waals surface area contributed by atoms with Crippen LogP contribution in [0.1, 0.15) is 40.4 Å². The Balaban J connectivity index is 1.58. The van der Waals surface area contributed by atoms with Crippen LogP contribution in [0.15, 0.2) is 77.5 Å². The maximum absolute atomic E-state index is 14.1. The number of methoxy groups -OCH3 is 1. The van der Waals surface area contributed by atoms with E-state index in [0.29, 0.717) is 39.7 Å². The van der Waals surface area contributed by atoms with Gasteiger partial charge in [-0.3, -0.25) is 18.9 Å². The monoisotopic (exact) mass is 552 g/mol. The molecule has 0 bridgehead atoms. The highest BCUT2D eigenvalue weighted by Crippen LogP contribution is 2.47. The van der Waals surface area contributed by atoms with Gasteiger partial charge >= 0.3 is 0 Å². The average molecular weight is 553 g/mol. The standard InChI is InChI=1S/C28H22ClFN2O3S2/c1-35-21-13-17(11-19(30)14-21)12-20-5-4-8-25(31-20)28(18-9-10-37-16-18)15-24(33)26(27(34)32(28)36)22-6-2-3-7-23(22)29/h2-11,13-14,16,26,36H,12,15H2,1H3. The van der Waals surface area contributed by atoms with Gasteiger partial charge in [-0.05, 0) is 63.8 Å². The quantitative estimate of drug-likeness (QED) is 0.228. The maximum Gasteiger partial charge on any atom is 0.248 e. The molecule has 1 aliphatic heterocycles. The fraction of sp³-hybridized carbons (Fsp3) is 0.179. The molecule has 5 nitrogen and oxygen atoms in total. The molecule has 1 fully saturated rings. The molecular formula is C28H22ClFN2O3S2. The number of aromatic nitrogens is 1. The number of rotatable bonds is 6. The summed E-state index contributed by atoms with van der Waals surface area (Å²) in [5.74, 6) is -1.79. The van der Waals surface area contributed by atoms with Gasteiger partial charge in [0, 0.05) is 29.6 Å². The van der Waals surface area contributed by atoms with Crippen molar-refractivity contribution >= 4 is 47.4 Å². The second-order valence-corrected chi connectivity index (χ2v) is 10.4. The first-order valence-electron chi connectivity index (χ1n) is 11.5. The molecule has 1 aliphatic rings. The molecule has 0 aliphatic carbocycles. The van der Waals surface area contributed by atoms with E-state index in [1.807, 2.05) is 29.0 Å². The number of pyridine rings is 1. The van der Waals surface area contributed by atoms with Crippen molar-refractivity contribution in [1.29, 1.82) is 0 Å². The zero-order chi connectivity index (χ0) is 26.2. The molecule has 2 atom stereocenters. The summed E-state index contributed by atoms with van der Waals surface area (Å²) in [6.45, 7) is 0. The minimum absolute atomic E-state index is 0.0287. The van der Waals surface area contributed by atoms with E-state index in [-0.39, 0.29) is 12.2 Å². The lowest BCUT2D eigenvalue weighted by Gasteiger charge is -2.45. The lowest BCUT2D eigenvalue weighted by Crippen LogP contribution is -2.54. The fourth-order valence-electron chi connectivity index (χ4n) is 4.82. The van der Waals surface area contributed by atoms with E-state index >= 15 is 0 Å². The van der Waals surface area contributed by atoms with E-state index in [2.05, 4.69) is 12.8 Å². The topological polar surface area (TPSA) is 59.5 Å². The molecule has 37 heavy (non-hydrogen) atoms. The molecule has 0 radical (unpaired) electrons. The van der Waals surface area contributed by atoms with E-state index in [0.717, 1.165) is 5.56 Å². The molecule has 188 valence electrons. The van der Waals surface area contributed by atoms with Gasteiger partial charge in [0.25, 0.3) is 0 Å². The van der Waals surface area contributed by atoms with Crippen molar-refractivity contribution in [3.8, 4) is 5.75 Å². The van der Waals surface area contributed by atoms with Crippen LogP contribution in [0.25, 0.3) is 0 Å². The molecule has 2 aromatic carbocycles. The summed E-state index contributed by atoms with van der Waals surface area (Å²) in [6.07, 6.45) is 0.303. The number of nitrogens with zero attached hydrogens (tertiary/aromatic N) is 2. The first-order chi connectivity index (χ1) is 17.8. The summed E-state index contributed by atoms with van der Waals surface area (Å²) in [5.41, 5.74) is 1.81. The molecule has 3 heterocycles. The van der Waals surface area contributed by atoms with Crippen molar-refractivity contribution in [3.05, 3.63) is 116 Å². The number of amides is 1. The predicted octanol–water partition coefficient (Wildman–Crippen LogP) is 6.21. The second-order valence-electron chi connectivity index (χ2n) is 8.81. The number of ether oxygens (including phenoxy) is 1. The highest BCUT2D eigenvalue weighted by Gasteiger charge is 2.53. The van der Waals surface area contributed by atoms with Gasteiger partial charge in [-0.15, -0.1) is 0 Å². The zero-order valence-corrected chi connectivity index (χ0v) is 22.2. The third-order valence-corrected chi connectivity index (χ3v) is 8.13. The van der Waals surface area contributed by atoms with Gasteiger partial charge in [-0.2, -0.15) is 11.3 Å². The first kappa shape index (κ1) is 25.4. The third-order valence-electron chi connectivity index (χ3n) is 6.57. The molecule has 5 rings (SSSR count). The largest absolute Gasteiger partial charge is 0.497 e. The molecule has 0 spiro atoms. The number of ketones is 1. The Labute approximate surface area is 228 Å². The van der Waals surface area contributed by atoms with Gasteiger partial charge < -0.3 is 4.74 Å². The van der Waals surface area contributed by atoms with Crippen molar-refractivity contribution in [3.63, 3.8) is 0 Å². The summed E-state index contributed by atoms with van der Waals surface area (Å²) in [7, 11) is 1.48. The number of hydrogen-bond donors (Lipinski definition) is 1. The Hall–Kier alpha value is -3.20. The van der Waals surface area contributed by atoms with Crippen LogP contribution in [0.3, 0.4) is 0 Å². The van der Waals surface area contributed by atoms with Crippen LogP contribution >= 0.6 is 35.8 Å². The molecule has 1 saturated heterocycles. The minimum Gasteiger partial charge on any atom is -0.497 e. The van der Waals surface area contributed by atoms with Crippen LogP contribution in [0.5, 0.6) is 5.75 Å². The van der Waals surface area contributed by atoms with E-state index < -0.39 is 23.2 Å². The van der Waals surface area contributed by atoms with Gasteiger partial charge in [0.1, 0.15) is 23.0 Å². The Morgan fingerprint density at radius 3 is 2.70 bits per heavy atom. The van der Waals surface area contributed by atoms with Crippen LogP contribution in [-0.2, 0) is 21.5 Å². The van der Waals surface area contributed by atoms with Gasteiger partial charge in [-0.1, -0.05) is 48.7 Å². The normalized spacial score (nSPS) is 19.8. The Kier molecular flexibility index (Phi) is 7.07. The van der Waals surface area contributed by atoms with Crippen LogP contribution in [0.2, 0.25) is 5.02 Å². The minimum atomic E-state index is -1.22. The number of carbonyl (C=O) groups excluding carboxylic acids is 2. The average Bonchev–Trinajstić information content (AvgIpc) is 3.43. The lowest BCUT2D eigenvalue weighted by atomic mass is 9.74. The molecule has 9 heteroatoms. The SMILES string of the molecule is COc1cc(F)cc(Cc2cccc(C3(c4ccsc4)CC(=O)C(c4ccccc4Cl)C(=O)N3S)n2)c1. The van der Waals surface area contributed by atoms with Crippen molar-refractivity contribution in [2.45, 2.75) is 24.3 Å². The summed E-state index contributed by atoms with van der Waals surface area (Å²) in [4.78, 5) is 32.3. The van der Waals surface area contributed by atoms with Gasteiger partial charge in [0.15, 0.2) is 5.78 Å². The molecular weight excluding hydrogens is 531 g/mol. The van der Waals surface area contributed by atoms with Gasteiger partial charge in [-0.25, -0.2) is 4.39 Å². The highest BCUT2D eigenvalue weighted by molar-refractivity contribution is 7.78. The number of carbonyl (C=O) groups is 2. The van der Waals surface area contributed by atoms with Crippen LogP contribution in [0, 0.1) is 5.82 Å². The Morgan fingerprint density at radius 2 is 1.97 bits per heavy atom. The summed E-state index contributed by atoms with van der Waals surface area (Å²) in [5, 5.41) is 4.13. The number of thiol groups is 1. The second kappa shape index (κ2) is 10.3. The zero-order valence-electron chi connectivity index (χ0n) is 19.7. The summed E-state index contributed by atoms with van der Waals surface area (Å²) in [6, 6.07) is 18.6. The number of piperidine rings is 1. The van der Waals surface area contributed by atoms with Crippen LogP contribution < -0.4 is 4.74 Å². The maximum atomic E-state index is 14.1. The number of benzene rings is 2. The number of Topliss-reactive ketones (excluding diaryl/α,β-unsaturated/α-hetero) is 1. The summed E-state index contributed by atoms with van der Waals surface area (Å²) < 4.78 is 20.6. The summed E-state index contributed by atoms with van der Waals surface area (Å²) >= 11 is 12.5. The molecule has 0 saturated carbocycles. The Morgan fingerprint density at radius 1 is 1.16 bits per heavy atom. The van der Waals surface area contributed by atoms with Crippen molar-refractivity contribution < 1.29 is 18.7 Å². The molecule has 2 aromatic heterocycles. The lowest BCUT2D eigenvalue weighted by molar-refractivity contribution is -0.142. The van der Waals surface area contributed by atoms with Crippen molar-refractivity contribution in [2.75, 3.05) is 7.11 Å². The van der Waals surface area contributed by atoms with E-state index in [9.17, 15) is 14.0 Å². The van der Waals surface area contributed by atoms with Gasteiger partial charge in [0.05, 0.1) is 12.8 Å². The smallest absolute Gasteiger partial charge is 0.248 e.